The number of nitrogen functional groups attached to an aromatic ring is 1. The normalized spacial score (nSPS) is 10.5. The smallest absolute Gasteiger partial charge is 0.228 e. The van der Waals surface area contributed by atoms with E-state index in [4.69, 9.17) is 21.8 Å². The first-order chi connectivity index (χ1) is 7.24. The highest BCUT2D eigenvalue weighted by molar-refractivity contribution is 7.98. The number of hydrogen-bond acceptors (Lipinski definition) is 6. The first-order valence-electron chi connectivity index (χ1n) is 4.06. The van der Waals surface area contributed by atoms with Gasteiger partial charge in [0, 0.05) is 0 Å². The number of anilines is 1. The number of hydrogen-bond donors (Lipinski definition) is 1. The molecule has 2 N–H and O–H groups in total. The molecule has 0 aliphatic carbocycles. The molecule has 0 fully saturated rings. The zero-order valence-electron chi connectivity index (χ0n) is 7.55. The topological polar surface area (TPSA) is 77.8 Å². The van der Waals surface area contributed by atoms with E-state index in [1.807, 2.05) is 12.1 Å². The molecular weight excluding hydrogens is 236 g/mol. The second-order valence-electron chi connectivity index (χ2n) is 2.61. The van der Waals surface area contributed by atoms with E-state index < -0.39 is 0 Å². The van der Waals surface area contributed by atoms with Crippen LogP contribution in [0.15, 0.2) is 28.0 Å². The Labute approximate surface area is 95.1 Å². The van der Waals surface area contributed by atoms with E-state index in [2.05, 4.69) is 15.0 Å². The predicted octanol–water partition coefficient (Wildman–Crippen LogP) is 1.99. The molecular formula is C8H7ClN4OS. The maximum absolute atomic E-state index is 5.63. The number of thioether (sulfide) groups is 1. The molecule has 0 aliphatic rings. The molecule has 0 bridgehead atoms. The molecule has 0 aromatic carbocycles. The van der Waals surface area contributed by atoms with Crippen molar-refractivity contribution >= 4 is 29.3 Å². The van der Waals surface area contributed by atoms with E-state index in [1.165, 1.54) is 11.8 Å². The minimum absolute atomic E-state index is 0.101. The van der Waals surface area contributed by atoms with Gasteiger partial charge in [0.05, 0.1) is 12.0 Å². The lowest BCUT2D eigenvalue weighted by Gasteiger charge is -1.99. The number of halogens is 1. The largest absolute Gasteiger partial charge is 0.468 e. The van der Waals surface area contributed by atoms with Gasteiger partial charge in [-0.05, 0) is 23.7 Å². The lowest BCUT2D eigenvalue weighted by Crippen LogP contribution is -1.99. The summed E-state index contributed by atoms with van der Waals surface area (Å²) in [6.45, 7) is 0. The summed E-state index contributed by atoms with van der Waals surface area (Å²) in [6, 6.07) is 3.70. The Balaban J connectivity index is 2.05. The molecule has 0 spiro atoms. The van der Waals surface area contributed by atoms with Gasteiger partial charge in [0.15, 0.2) is 5.16 Å². The number of nitrogens with two attached hydrogens (primary N) is 1. The van der Waals surface area contributed by atoms with Crippen LogP contribution in [-0.2, 0) is 5.75 Å². The molecule has 2 aromatic rings. The average Bonchev–Trinajstić information content (AvgIpc) is 2.65. The van der Waals surface area contributed by atoms with Crippen LogP contribution in [0.3, 0.4) is 0 Å². The van der Waals surface area contributed by atoms with Gasteiger partial charge in [0.2, 0.25) is 11.2 Å². The molecule has 0 unspecified atom stereocenters. The minimum atomic E-state index is 0.101. The van der Waals surface area contributed by atoms with E-state index in [0.29, 0.717) is 10.9 Å². The summed E-state index contributed by atoms with van der Waals surface area (Å²) in [5, 5.41) is 0.591. The fourth-order valence-electron chi connectivity index (χ4n) is 0.941. The van der Waals surface area contributed by atoms with Gasteiger partial charge in [-0.15, -0.1) is 0 Å². The molecule has 2 rings (SSSR count). The van der Waals surface area contributed by atoms with E-state index >= 15 is 0 Å². The highest BCUT2D eigenvalue weighted by Crippen LogP contribution is 2.20. The van der Waals surface area contributed by atoms with Crippen LogP contribution in [-0.4, -0.2) is 15.0 Å². The average molecular weight is 243 g/mol. The summed E-state index contributed by atoms with van der Waals surface area (Å²) in [5.74, 6) is 1.60. The third-order valence-electron chi connectivity index (χ3n) is 1.53. The number of aromatic nitrogens is 3. The third-order valence-corrected chi connectivity index (χ3v) is 2.57. The molecule has 0 amide bonds. The van der Waals surface area contributed by atoms with E-state index in [-0.39, 0.29) is 11.2 Å². The van der Waals surface area contributed by atoms with Gasteiger partial charge in [-0.2, -0.15) is 15.0 Å². The van der Waals surface area contributed by atoms with E-state index in [9.17, 15) is 0 Å². The highest BCUT2D eigenvalue weighted by atomic mass is 35.5. The second kappa shape index (κ2) is 4.50. The Kier molecular flexibility index (Phi) is 3.08. The summed E-state index contributed by atoms with van der Waals surface area (Å²) < 4.78 is 5.16. The van der Waals surface area contributed by atoms with Crippen LogP contribution >= 0.6 is 23.4 Å². The zero-order chi connectivity index (χ0) is 10.7. The van der Waals surface area contributed by atoms with Gasteiger partial charge < -0.3 is 10.2 Å². The Morgan fingerprint density at radius 2 is 2.27 bits per heavy atom. The van der Waals surface area contributed by atoms with Crippen molar-refractivity contribution in [1.82, 2.24) is 15.0 Å². The molecule has 78 valence electrons. The van der Waals surface area contributed by atoms with Crippen molar-refractivity contribution in [1.29, 1.82) is 0 Å². The first kappa shape index (κ1) is 10.3. The second-order valence-corrected chi connectivity index (χ2v) is 3.89. The van der Waals surface area contributed by atoms with Crippen LogP contribution in [0, 0.1) is 0 Å². The SMILES string of the molecule is Nc1nc(Cl)nc(SCc2ccco2)n1. The van der Waals surface area contributed by atoms with Gasteiger partial charge in [-0.3, -0.25) is 0 Å². The maximum atomic E-state index is 5.63. The molecule has 7 heteroatoms. The van der Waals surface area contributed by atoms with E-state index in [1.54, 1.807) is 6.26 Å². The molecule has 0 aliphatic heterocycles. The summed E-state index contributed by atoms with van der Waals surface area (Å²) in [7, 11) is 0. The van der Waals surface area contributed by atoms with Gasteiger partial charge in [-0.1, -0.05) is 11.8 Å². The van der Waals surface area contributed by atoms with Crippen molar-refractivity contribution in [3.63, 3.8) is 0 Å². The van der Waals surface area contributed by atoms with Crippen molar-refractivity contribution < 1.29 is 4.42 Å². The standard InChI is InChI=1S/C8H7ClN4OS/c9-6-11-7(10)13-8(12-6)15-4-5-2-1-3-14-5/h1-3H,4H2,(H2,10,11,12,13). The van der Waals surface area contributed by atoms with Crippen LogP contribution in [0.5, 0.6) is 0 Å². The Bertz CT molecular complexity index is 428. The predicted molar refractivity (Wildman–Crippen MR) is 57.5 cm³/mol. The number of furan rings is 1. The van der Waals surface area contributed by atoms with Crippen LogP contribution in [0.25, 0.3) is 0 Å². The number of rotatable bonds is 3. The summed E-state index contributed by atoms with van der Waals surface area (Å²) in [5.41, 5.74) is 5.42. The fourth-order valence-corrected chi connectivity index (χ4v) is 1.90. The molecule has 0 saturated heterocycles. The Morgan fingerprint density at radius 3 is 2.93 bits per heavy atom. The monoisotopic (exact) mass is 242 g/mol. The van der Waals surface area contributed by atoms with Crippen LogP contribution < -0.4 is 5.73 Å². The van der Waals surface area contributed by atoms with Gasteiger partial charge >= 0.3 is 0 Å². The van der Waals surface area contributed by atoms with Crippen molar-refractivity contribution in [3.8, 4) is 0 Å². The molecule has 5 nitrogen and oxygen atoms in total. The quantitative estimate of drug-likeness (QED) is 0.830. The van der Waals surface area contributed by atoms with Gasteiger partial charge in [-0.25, -0.2) is 0 Å². The summed E-state index contributed by atoms with van der Waals surface area (Å²) in [4.78, 5) is 11.5. The van der Waals surface area contributed by atoms with Crippen LogP contribution in [0.2, 0.25) is 5.28 Å². The van der Waals surface area contributed by atoms with Crippen molar-refractivity contribution in [3.05, 3.63) is 29.4 Å². The van der Waals surface area contributed by atoms with Crippen molar-refractivity contribution in [2.45, 2.75) is 10.9 Å². The summed E-state index contributed by atoms with van der Waals surface area (Å²) >= 11 is 7.02. The van der Waals surface area contributed by atoms with Crippen LogP contribution in [0.4, 0.5) is 5.95 Å². The molecule has 0 atom stereocenters. The van der Waals surface area contributed by atoms with Gasteiger partial charge in [0.25, 0.3) is 0 Å². The zero-order valence-corrected chi connectivity index (χ0v) is 9.13. The Hall–Kier alpha value is -1.27. The van der Waals surface area contributed by atoms with Crippen LogP contribution in [0.1, 0.15) is 5.76 Å². The van der Waals surface area contributed by atoms with Crippen molar-refractivity contribution in [2.24, 2.45) is 0 Å². The molecule has 2 aromatic heterocycles. The van der Waals surface area contributed by atoms with E-state index in [0.717, 1.165) is 5.76 Å². The maximum Gasteiger partial charge on any atom is 0.228 e. The molecule has 0 saturated carbocycles. The van der Waals surface area contributed by atoms with Crippen molar-refractivity contribution in [2.75, 3.05) is 5.73 Å². The molecule has 2 heterocycles. The number of nitrogens with zero attached hydrogens (tertiary/aromatic N) is 3. The summed E-state index contributed by atoms with van der Waals surface area (Å²) in [6.07, 6.45) is 1.62. The first-order valence-corrected chi connectivity index (χ1v) is 5.42. The molecule has 15 heavy (non-hydrogen) atoms. The lowest BCUT2D eigenvalue weighted by molar-refractivity contribution is 0.530. The lowest BCUT2D eigenvalue weighted by atomic mass is 10.5. The fraction of sp³-hybridized carbons (Fsp3) is 0.125. The third kappa shape index (κ3) is 2.84. The molecule has 0 radical (unpaired) electrons. The Morgan fingerprint density at radius 1 is 1.40 bits per heavy atom. The highest BCUT2D eigenvalue weighted by Gasteiger charge is 2.04. The van der Waals surface area contributed by atoms with Gasteiger partial charge in [0.1, 0.15) is 5.76 Å². The minimum Gasteiger partial charge on any atom is -0.468 e.